The van der Waals surface area contributed by atoms with Crippen LogP contribution in [0.2, 0.25) is 0 Å². The van der Waals surface area contributed by atoms with E-state index in [1.165, 1.54) is 6.42 Å². The summed E-state index contributed by atoms with van der Waals surface area (Å²) < 4.78 is 0. The molecule has 0 aliphatic carbocycles. The molecule has 1 aromatic carbocycles. The molecule has 1 aliphatic heterocycles. The molecule has 0 spiro atoms. The first kappa shape index (κ1) is 15.8. The van der Waals surface area contributed by atoms with Crippen LogP contribution in [0, 0.1) is 11.3 Å². The van der Waals surface area contributed by atoms with Crippen molar-refractivity contribution >= 4 is 17.3 Å². The van der Waals surface area contributed by atoms with Crippen molar-refractivity contribution in [2.45, 2.75) is 40.2 Å². The van der Waals surface area contributed by atoms with E-state index in [1.54, 1.807) is 6.07 Å². The number of carbonyl (C=O) groups excluding carboxylic acids is 1. The van der Waals surface area contributed by atoms with Crippen LogP contribution < -0.4 is 11.1 Å². The molecule has 3 N–H and O–H groups in total. The van der Waals surface area contributed by atoms with Crippen LogP contribution in [0.5, 0.6) is 0 Å². The molecule has 0 saturated carbocycles. The summed E-state index contributed by atoms with van der Waals surface area (Å²) in [5, 5.41) is 2.95. The standard InChI is InChI=1S/C17H27N3O/c1-12(20-9-8-13(11-20)17(2,3)4)16(21)19-15-7-5-6-14(18)10-15/h5-7,10,12-13H,8-9,11,18H2,1-4H3,(H,19,21). The first-order chi connectivity index (χ1) is 9.77. The zero-order valence-corrected chi connectivity index (χ0v) is 13.5. The average molecular weight is 289 g/mol. The minimum atomic E-state index is -0.112. The Bertz CT molecular complexity index is 507. The maximum Gasteiger partial charge on any atom is 0.241 e. The lowest BCUT2D eigenvalue weighted by atomic mass is 9.80. The number of nitrogens with one attached hydrogen (secondary N) is 1. The highest BCUT2D eigenvalue weighted by Crippen LogP contribution is 2.34. The van der Waals surface area contributed by atoms with Crippen molar-refractivity contribution in [2.75, 3.05) is 24.1 Å². The van der Waals surface area contributed by atoms with Crippen LogP contribution in [0.1, 0.15) is 34.1 Å². The Morgan fingerprint density at radius 2 is 2.14 bits per heavy atom. The molecule has 0 aromatic heterocycles. The minimum absolute atomic E-state index is 0.0372. The molecule has 116 valence electrons. The second-order valence-corrected chi connectivity index (χ2v) is 7.14. The maximum absolute atomic E-state index is 12.4. The lowest BCUT2D eigenvalue weighted by Crippen LogP contribution is -2.41. The number of nitrogens with zero attached hydrogens (tertiary/aromatic N) is 1. The maximum atomic E-state index is 12.4. The van der Waals surface area contributed by atoms with Crippen LogP contribution in [-0.2, 0) is 4.79 Å². The van der Waals surface area contributed by atoms with Gasteiger partial charge in [0.15, 0.2) is 0 Å². The lowest BCUT2D eigenvalue weighted by molar-refractivity contribution is -0.120. The molecule has 1 fully saturated rings. The zero-order valence-electron chi connectivity index (χ0n) is 13.5. The molecule has 0 radical (unpaired) electrons. The van der Waals surface area contributed by atoms with Gasteiger partial charge in [-0.1, -0.05) is 26.8 Å². The molecule has 2 rings (SSSR count). The number of rotatable bonds is 3. The highest BCUT2D eigenvalue weighted by atomic mass is 16.2. The topological polar surface area (TPSA) is 58.4 Å². The van der Waals surface area contributed by atoms with Gasteiger partial charge >= 0.3 is 0 Å². The molecule has 1 aliphatic rings. The molecule has 2 atom stereocenters. The van der Waals surface area contributed by atoms with Gasteiger partial charge in [0.05, 0.1) is 6.04 Å². The summed E-state index contributed by atoms with van der Waals surface area (Å²) in [6, 6.07) is 7.20. The third-order valence-corrected chi connectivity index (χ3v) is 4.53. The van der Waals surface area contributed by atoms with Crippen molar-refractivity contribution in [3.8, 4) is 0 Å². The number of nitrogens with two attached hydrogens (primary N) is 1. The first-order valence-electron chi connectivity index (χ1n) is 7.68. The predicted octanol–water partition coefficient (Wildman–Crippen LogP) is 2.96. The molecule has 21 heavy (non-hydrogen) atoms. The highest BCUT2D eigenvalue weighted by molar-refractivity contribution is 5.94. The number of anilines is 2. The van der Waals surface area contributed by atoms with E-state index in [2.05, 4.69) is 31.0 Å². The van der Waals surface area contributed by atoms with Crippen molar-refractivity contribution in [1.29, 1.82) is 0 Å². The van der Waals surface area contributed by atoms with Crippen molar-refractivity contribution in [2.24, 2.45) is 11.3 Å². The fourth-order valence-electron chi connectivity index (χ4n) is 2.87. The van der Waals surface area contributed by atoms with Crippen molar-refractivity contribution in [3.05, 3.63) is 24.3 Å². The Labute approximate surface area is 127 Å². The molecular formula is C17H27N3O. The van der Waals surface area contributed by atoms with E-state index in [9.17, 15) is 4.79 Å². The van der Waals surface area contributed by atoms with Crippen LogP contribution in [-0.4, -0.2) is 29.9 Å². The van der Waals surface area contributed by atoms with Crippen molar-refractivity contribution < 1.29 is 4.79 Å². The van der Waals surface area contributed by atoms with Gasteiger partial charge < -0.3 is 11.1 Å². The number of hydrogen-bond donors (Lipinski definition) is 2. The van der Waals surface area contributed by atoms with Gasteiger partial charge in [-0.3, -0.25) is 9.69 Å². The van der Waals surface area contributed by atoms with Crippen LogP contribution >= 0.6 is 0 Å². The molecule has 4 heteroatoms. The summed E-state index contributed by atoms with van der Waals surface area (Å²) in [6.07, 6.45) is 1.17. The number of benzene rings is 1. The second kappa shape index (κ2) is 6.06. The van der Waals surface area contributed by atoms with Gasteiger partial charge in [0.1, 0.15) is 0 Å². The zero-order chi connectivity index (χ0) is 15.6. The first-order valence-corrected chi connectivity index (χ1v) is 7.68. The highest BCUT2D eigenvalue weighted by Gasteiger charge is 2.35. The van der Waals surface area contributed by atoms with E-state index >= 15 is 0 Å². The molecular weight excluding hydrogens is 262 g/mol. The SMILES string of the molecule is CC(C(=O)Nc1cccc(N)c1)N1CCC(C(C)(C)C)C1. The monoisotopic (exact) mass is 289 g/mol. The number of amides is 1. The molecule has 1 saturated heterocycles. The summed E-state index contributed by atoms with van der Waals surface area (Å²) in [5.74, 6) is 0.690. The number of likely N-dealkylation sites (tertiary alicyclic amines) is 1. The van der Waals surface area contributed by atoms with E-state index in [-0.39, 0.29) is 11.9 Å². The van der Waals surface area contributed by atoms with Crippen molar-refractivity contribution in [1.82, 2.24) is 4.90 Å². The molecule has 4 nitrogen and oxygen atoms in total. The summed E-state index contributed by atoms with van der Waals surface area (Å²) in [7, 11) is 0. The Kier molecular flexibility index (Phi) is 4.57. The minimum Gasteiger partial charge on any atom is -0.399 e. The van der Waals surface area contributed by atoms with Gasteiger partial charge in [-0.25, -0.2) is 0 Å². The van der Waals surface area contributed by atoms with Gasteiger partial charge in [0.25, 0.3) is 0 Å². The summed E-state index contributed by atoms with van der Waals surface area (Å²) in [5.41, 5.74) is 7.47. The van der Waals surface area contributed by atoms with E-state index in [0.717, 1.165) is 18.8 Å². The summed E-state index contributed by atoms with van der Waals surface area (Å²) in [6.45, 7) is 10.8. The predicted molar refractivity (Wildman–Crippen MR) is 88.1 cm³/mol. The quantitative estimate of drug-likeness (QED) is 0.841. The Hall–Kier alpha value is -1.55. The Balaban J connectivity index is 1.94. The third kappa shape index (κ3) is 3.97. The Morgan fingerprint density at radius 1 is 1.43 bits per heavy atom. The summed E-state index contributed by atoms with van der Waals surface area (Å²) >= 11 is 0. The van der Waals surface area contributed by atoms with Gasteiger partial charge in [-0.15, -0.1) is 0 Å². The molecule has 2 unspecified atom stereocenters. The Morgan fingerprint density at radius 3 is 2.71 bits per heavy atom. The fraction of sp³-hybridized carbons (Fsp3) is 0.588. The van der Waals surface area contributed by atoms with Gasteiger partial charge in [0, 0.05) is 17.9 Å². The molecule has 1 aromatic rings. The van der Waals surface area contributed by atoms with Gasteiger partial charge in [0.2, 0.25) is 5.91 Å². The molecule has 1 heterocycles. The van der Waals surface area contributed by atoms with Crippen LogP contribution in [0.3, 0.4) is 0 Å². The number of carbonyl (C=O) groups is 1. The fourth-order valence-corrected chi connectivity index (χ4v) is 2.87. The number of hydrogen-bond acceptors (Lipinski definition) is 3. The van der Waals surface area contributed by atoms with E-state index in [1.807, 2.05) is 25.1 Å². The van der Waals surface area contributed by atoms with E-state index < -0.39 is 0 Å². The van der Waals surface area contributed by atoms with E-state index in [0.29, 0.717) is 17.0 Å². The van der Waals surface area contributed by atoms with Crippen molar-refractivity contribution in [3.63, 3.8) is 0 Å². The lowest BCUT2D eigenvalue weighted by Gasteiger charge is -2.28. The van der Waals surface area contributed by atoms with E-state index in [4.69, 9.17) is 5.73 Å². The normalized spacial score (nSPS) is 21.2. The number of nitrogen functional groups attached to an aromatic ring is 1. The second-order valence-electron chi connectivity index (χ2n) is 7.14. The third-order valence-electron chi connectivity index (χ3n) is 4.53. The smallest absolute Gasteiger partial charge is 0.241 e. The summed E-state index contributed by atoms with van der Waals surface area (Å²) in [4.78, 5) is 14.6. The average Bonchev–Trinajstić information content (AvgIpc) is 2.87. The van der Waals surface area contributed by atoms with Gasteiger partial charge in [-0.05, 0) is 49.4 Å². The van der Waals surface area contributed by atoms with Crippen LogP contribution in [0.25, 0.3) is 0 Å². The van der Waals surface area contributed by atoms with Gasteiger partial charge in [-0.2, -0.15) is 0 Å². The van der Waals surface area contributed by atoms with Crippen LogP contribution in [0.15, 0.2) is 24.3 Å². The molecule has 0 bridgehead atoms. The largest absolute Gasteiger partial charge is 0.399 e. The molecule has 1 amide bonds. The van der Waals surface area contributed by atoms with Crippen LogP contribution in [0.4, 0.5) is 11.4 Å².